The zero-order chi connectivity index (χ0) is 13.1. The van der Waals surface area contributed by atoms with Gasteiger partial charge in [-0.3, -0.25) is 9.59 Å². The van der Waals surface area contributed by atoms with Crippen molar-refractivity contribution in [1.29, 1.82) is 0 Å². The molecule has 0 aromatic heterocycles. The molecule has 4 nitrogen and oxygen atoms in total. The van der Waals surface area contributed by atoms with Crippen molar-refractivity contribution in [1.82, 2.24) is 5.32 Å². The zero-order valence-electron chi connectivity index (χ0n) is 10.8. The Labute approximate surface area is 107 Å². The lowest BCUT2D eigenvalue weighted by molar-refractivity contribution is -0.123. The van der Waals surface area contributed by atoms with Crippen LogP contribution in [0.1, 0.15) is 30.6 Å². The molecule has 1 heterocycles. The summed E-state index contributed by atoms with van der Waals surface area (Å²) in [5, 5.41) is 2.87. The topological polar surface area (TPSA) is 49.4 Å². The second-order valence-electron chi connectivity index (χ2n) is 4.48. The molecule has 1 aromatic rings. The summed E-state index contributed by atoms with van der Waals surface area (Å²) in [6, 6.07) is 7.31. The quantitative estimate of drug-likeness (QED) is 0.824. The Morgan fingerprint density at radius 2 is 2.17 bits per heavy atom. The molecule has 1 aliphatic heterocycles. The standard InChI is InChI=1S/C14H18N2O2/c1-3-12-14(18)15-8-9-16(12)13-7-5-4-6-11(13)10(2)17/h4-7,12H,3,8-9H2,1-2H3,(H,15,18). The van der Waals surface area contributed by atoms with Crippen LogP contribution in [0.5, 0.6) is 0 Å². The van der Waals surface area contributed by atoms with E-state index in [0.29, 0.717) is 12.1 Å². The van der Waals surface area contributed by atoms with E-state index in [4.69, 9.17) is 0 Å². The maximum absolute atomic E-state index is 11.9. The van der Waals surface area contributed by atoms with Crippen molar-refractivity contribution in [3.05, 3.63) is 29.8 Å². The lowest BCUT2D eigenvalue weighted by Crippen LogP contribution is -2.55. The van der Waals surface area contributed by atoms with E-state index in [1.807, 2.05) is 36.1 Å². The molecule has 1 atom stereocenters. The molecule has 1 aliphatic rings. The Morgan fingerprint density at radius 3 is 2.83 bits per heavy atom. The highest BCUT2D eigenvalue weighted by atomic mass is 16.2. The van der Waals surface area contributed by atoms with E-state index in [1.54, 1.807) is 6.92 Å². The highest BCUT2D eigenvalue weighted by Crippen LogP contribution is 2.25. The minimum absolute atomic E-state index is 0.0337. The first kappa shape index (κ1) is 12.6. The second kappa shape index (κ2) is 5.21. The molecule has 2 rings (SSSR count). The van der Waals surface area contributed by atoms with Gasteiger partial charge in [-0.1, -0.05) is 19.1 Å². The fourth-order valence-corrected chi connectivity index (χ4v) is 2.43. The largest absolute Gasteiger partial charge is 0.357 e. The molecule has 0 aliphatic carbocycles. The fourth-order valence-electron chi connectivity index (χ4n) is 2.43. The van der Waals surface area contributed by atoms with Gasteiger partial charge in [0.2, 0.25) is 5.91 Å². The predicted molar refractivity (Wildman–Crippen MR) is 70.9 cm³/mol. The van der Waals surface area contributed by atoms with Crippen LogP contribution in [0.4, 0.5) is 5.69 Å². The molecule has 1 aromatic carbocycles. The summed E-state index contributed by atoms with van der Waals surface area (Å²) < 4.78 is 0. The number of ketones is 1. The third kappa shape index (κ3) is 2.23. The highest BCUT2D eigenvalue weighted by Gasteiger charge is 2.29. The summed E-state index contributed by atoms with van der Waals surface area (Å²) in [4.78, 5) is 25.5. The molecule has 0 bridgehead atoms. The molecule has 1 fully saturated rings. The van der Waals surface area contributed by atoms with Gasteiger partial charge in [-0.2, -0.15) is 0 Å². The number of piperazine rings is 1. The smallest absolute Gasteiger partial charge is 0.242 e. The van der Waals surface area contributed by atoms with Crippen LogP contribution in [-0.4, -0.2) is 30.8 Å². The Bertz CT molecular complexity index is 471. The van der Waals surface area contributed by atoms with Crippen molar-refractivity contribution < 1.29 is 9.59 Å². The van der Waals surface area contributed by atoms with Crippen LogP contribution in [0.15, 0.2) is 24.3 Å². The average Bonchev–Trinajstić information content (AvgIpc) is 2.38. The molecule has 1 unspecified atom stereocenters. The molecule has 1 saturated heterocycles. The summed E-state index contributed by atoms with van der Waals surface area (Å²) in [5.41, 5.74) is 1.55. The van der Waals surface area contributed by atoms with Crippen LogP contribution in [0.3, 0.4) is 0 Å². The van der Waals surface area contributed by atoms with E-state index >= 15 is 0 Å². The number of para-hydroxylation sites is 1. The monoisotopic (exact) mass is 246 g/mol. The van der Waals surface area contributed by atoms with E-state index in [0.717, 1.165) is 18.7 Å². The van der Waals surface area contributed by atoms with Gasteiger partial charge in [0, 0.05) is 24.3 Å². The summed E-state index contributed by atoms with van der Waals surface area (Å²) in [6.45, 7) is 4.92. The first-order chi connectivity index (χ1) is 8.65. The van der Waals surface area contributed by atoms with Crippen LogP contribution in [-0.2, 0) is 4.79 Å². The number of rotatable bonds is 3. The molecule has 0 radical (unpaired) electrons. The van der Waals surface area contributed by atoms with E-state index in [-0.39, 0.29) is 17.7 Å². The Morgan fingerprint density at radius 1 is 1.44 bits per heavy atom. The maximum atomic E-state index is 11.9. The van der Waals surface area contributed by atoms with Gasteiger partial charge in [-0.05, 0) is 25.5 Å². The van der Waals surface area contributed by atoms with E-state index < -0.39 is 0 Å². The number of amides is 1. The van der Waals surface area contributed by atoms with E-state index in [9.17, 15) is 9.59 Å². The van der Waals surface area contributed by atoms with Crippen LogP contribution in [0.2, 0.25) is 0 Å². The molecule has 1 N–H and O–H groups in total. The Balaban J connectivity index is 2.40. The molecule has 18 heavy (non-hydrogen) atoms. The minimum Gasteiger partial charge on any atom is -0.357 e. The van der Waals surface area contributed by atoms with Crippen LogP contribution in [0.25, 0.3) is 0 Å². The molecule has 1 amide bonds. The highest BCUT2D eigenvalue weighted by molar-refractivity contribution is 6.00. The number of carbonyl (C=O) groups is 2. The second-order valence-corrected chi connectivity index (χ2v) is 4.48. The first-order valence-corrected chi connectivity index (χ1v) is 6.29. The molecular formula is C14H18N2O2. The number of hydrogen-bond donors (Lipinski definition) is 1. The Kier molecular flexibility index (Phi) is 3.65. The molecule has 96 valence electrons. The van der Waals surface area contributed by atoms with Crippen LogP contribution in [0, 0.1) is 0 Å². The fraction of sp³-hybridized carbons (Fsp3) is 0.429. The van der Waals surface area contributed by atoms with Gasteiger partial charge in [-0.25, -0.2) is 0 Å². The van der Waals surface area contributed by atoms with Crippen molar-refractivity contribution >= 4 is 17.4 Å². The number of carbonyl (C=O) groups excluding carboxylic acids is 2. The van der Waals surface area contributed by atoms with Crippen molar-refractivity contribution in [2.75, 3.05) is 18.0 Å². The summed E-state index contributed by atoms with van der Waals surface area (Å²) in [6.07, 6.45) is 0.734. The third-order valence-corrected chi connectivity index (χ3v) is 3.31. The number of Topliss-reactive ketones (excluding diaryl/α,β-unsaturated/α-hetero) is 1. The van der Waals surface area contributed by atoms with Gasteiger partial charge in [0.15, 0.2) is 5.78 Å². The van der Waals surface area contributed by atoms with Crippen LogP contribution >= 0.6 is 0 Å². The zero-order valence-corrected chi connectivity index (χ0v) is 10.8. The Hall–Kier alpha value is -1.84. The SMILES string of the molecule is CCC1C(=O)NCCN1c1ccccc1C(C)=O. The summed E-state index contributed by atoms with van der Waals surface area (Å²) >= 11 is 0. The normalized spacial score (nSPS) is 19.6. The maximum Gasteiger partial charge on any atom is 0.242 e. The number of benzene rings is 1. The van der Waals surface area contributed by atoms with Gasteiger partial charge in [0.1, 0.15) is 6.04 Å². The van der Waals surface area contributed by atoms with Gasteiger partial charge in [0.05, 0.1) is 0 Å². The van der Waals surface area contributed by atoms with Gasteiger partial charge >= 0.3 is 0 Å². The van der Waals surface area contributed by atoms with E-state index in [1.165, 1.54) is 0 Å². The number of anilines is 1. The van der Waals surface area contributed by atoms with E-state index in [2.05, 4.69) is 5.32 Å². The predicted octanol–water partition coefficient (Wildman–Crippen LogP) is 1.60. The lowest BCUT2D eigenvalue weighted by Gasteiger charge is -2.37. The van der Waals surface area contributed by atoms with Crippen molar-refractivity contribution in [3.63, 3.8) is 0 Å². The molecule has 4 heteroatoms. The first-order valence-electron chi connectivity index (χ1n) is 6.29. The van der Waals surface area contributed by atoms with Crippen molar-refractivity contribution in [2.24, 2.45) is 0 Å². The number of nitrogens with one attached hydrogen (secondary N) is 1. The average molecular weight is 246 g/mol. The number of hydrogen-bond acceptors (Lipinski definition) is 3. The number of nitrogens with zero attached hydrogens (tertiary/aromatic N) is 1. The molecular weight excluding hydrogens is 228 g/mol. The molecule has 0 spiro atoms. The van der Waals surface area contributed by atoms with Crippen molar-refractivity contribution in [2.45, 2.75) is 26.3 Å². The minimum atomic E-state index is -0.181. The van der Waals surface area contributed by atoms with Gasteiger partial charge < -0.3 is 10.2 Å². The van der Waals surface area contributed by atoms with Crippen LogP contribution < -0.4 is 10.2 Å². The summed E-state index contributed by atoms with van der Waals surface area (Å²) in [7, 11) is 0. The molecule has 0 saturated carbocycles. The van der Waals surface area contributed by atoms with Gasteiger partial charge in [0.25, 0.3) is 0 Å². The summed E-state index contributed by atoms with van der Waals surface area (Å²) in [5.74, 6) is 0.0774. The lowest BCUT2D eigenvalue weighted by atomic mass is 10.0. The third-order valence-electron chi connectivity index (χ3n) is 3.31. The van der Waals surface area contributed by atoms with Gasteiger partial charge in [-0.15, -0.1) is 0 Å². The van der Waals surface area contributed by atoms with Crippen molar-refractivity contribution in [3.8, 4) is 0 Å².